The van der Waals surface area contributed by atoms with E-state index in [1.165, 1.54) is 7.11 Å². The van der Waals surface area contributed by atoms with Crippen molar-refractivity contribution in [1.29, 1.82) is 0 Å². The van der Waals surface area contributed by atoms with E-state index in [9.17, 15) is 9.59 Å². The van der Waals surface area contributed by atoms with Crippen molar-refractivity contribution in [3.63, 3.8) is 0 Å². The van der Waals surface area contributed by atoms with Crippen LogP contribution >= 0.6 is 0 Å². The standard InChI is InChI=1S/C12H15N3O3/c1-7(13)6-15-11(16)10-8(14-12(15)17)4-3-5-9(10)18-2/h3-5,7H,6,13H2,1-2H3,(H,14,17). The fourth-order valence-electron chi connectivity index (χ4n) is 1.89. The molecule has 2 rings (SSSR count). The molecule has 1 heterocycles. The number of ether oxygens (including phenoxy) is 1. The number of hydrogen-bond acceptors (Lipinski definition) is 4. The molecule has 0 saturated heterocycles. The Hall–Kier alpha value is -2.08. The van der Waals surface area contributed by atoms with Crippen LogP contribution in [0.25, 0.3) is 10.9 Å². The van der Waals surface area contributed by atoms with Gasteiger partial charge in [-0.05, 0) is 19.1 Å². The van der Waals surface area contributed by atoms with Gasteiger partial charge in [0.25, 0.3) is 5.56 Å². The van der Waals surface area contributed by atoms with Crippen molar-refractivity contribution in [2.24, 2.45) is 5.73 Å². The third-order valence-electron chi connectivity index (χ3n) is 2.66. The average Bonchev–Trinajstić information content (AvgIpc) is 2.33. The number of nitrogens with one attached hydrogen (secondary N) is 1. The summed E-state index contributed by atoms with van der Waals surface area (Å²) in [4.78, 5) is 26.7. The minimum atomic E-state index is -0.460. The second-order valence-corrected chi connectivity index (χ2v) is 4.21. The van der Waals surface area contributed by atoms with Gasteiger partial charge in [0.1, 0.15) is 11.1 Å². The zero-order valence-electron chi connectivity index (χ0n) is 10.3. The summed E-state index contributed by atoms with van der Waals surface area (Å²) in [5.74, 6) is 0.437. The molecule has 6 heteroatoms. The van der Waals surface area contributed by atoms with E-state index in [1.54, 1.807) is 25.1 Å². The quantitative estimate of drug-likeness (QED) is 0.804. The lowest BCUT2D eigenvalue weighted by Gasteiger charge is -2.10. The van der Waals surface area contributed by atoms with Crippen LogP contribution in [-0.2, 0) is 6.54 Å². The Morgan fingerprint density at radius 1 is 1.44 bits per heavy atom. The second-order valence-electron chi connectivity index (χ2n) is 4.21. The number of rotatable bonds is 3. The Morgan fingerprint density at radius 2 is 2.17 bits per heavy atom. The SMILES string of the molecule is COc1cccc2[nH]c(=O)n(CC(C)N)c(=O)c12. The van der Waals surface area contributed by atoms with Crippen LogP contribution in [0.4, 0.5) is 0 Å². The molecule has 0 spiro atoms. The number of hydrogen-bond donors (Lipinski definition) is 2. The van der Waals surface area contributed by atoms with Crippen molar-refractivity contribution in [2.45, 2.75) is 19.5 Å². The van der Waals surface area contributed by atoms with Crippen LogP contribution in [0, 0.1) is 0 Å². The maximum atomic E-state index is 12.3. The van der Waals surface area contributed by atoms with Crippen molar-refractivity contribution < 1.29 is 4.74 Å². The van der Waals surface area contributed by atoms with Crippen LogP contribution in [0.3, 0.4) is 0 Å². The predicted molar refractivity (Wildman–Crippen MR) is 69.0 cm³/mol. The van der Waals surface area contributed by atoms with Gasteiger partial charge in [-0.2, -0.15) is 0 Å². The molecule has 0 bridgehead atoms. The van der Waals surface area contributed by atoms with E-state index < -0.39 is 5.69 Å². The number of aromatic amines is 1. The molecule has 3 N–H and O–H groups in total. The first-order chi connectivity index (χ1) is 8.54. The molecule has 1 aromatic carbocycles. The van der Waals surface area contributed by atoms with Gasteiger partial charge in [-0.25, -0.2) is 4.79 Å². The summed E-state index contributed by atoms with van der Waals surface area (Å²) >= 11 is 0. The highest BCUT2D eigenvalue weighted by atomic mass is 16.5. The van der Waals surface area contributed by atoms with Crippen LogP contribution in [0.15, 0.2) is 27.8 Å². The van der Waals surface area contributed by atoms with E-state index in [2.05, 4.69) is 4.98 Å². The molecule has 2 aromatic rings. The molecule has 6 nitrogen and oxygen atoms in total. The van der Waals surface area contributed by atoms with Gasteiger partial charge >= 0.3 is 5.69 Å². The molecule has 0 aliphatic rings. The van der Waals surface area contributed by atoms with E-state index in [-0.39, 0.29) is 18.1 Å². The summed E-state index contributed by atoms with van der Waals surface area (Å²) in [5.41, 5.74) is 5.25. The molecular formula is C12H15N3O3. The number of nitrogens with two attached hydrogens (primary N) is 1. The van der Waals surface area contributed by atoms with Gasteiger partial charge in [-0.1, -0.05) is 6.07 Å². The van der Waals surface area contributed by atoms with Gasteiger partial charge < -0.3 is 15.5 Å². The van der Waals surface area contributed by atoms with Crippen LogP contribution in [0.2, 0.25) is 0 Å². The van der Waals surface area contributed by atoms with E-state index in [1.807, 2.05) is 0 Å². The number of benzene rings is 1. The van der Waals surface area contributed by atoms with Crippen molar-refractivity contribution in [1.82, 2.24) is 9.55 Å². The Kier molecular flexibility index (Phi) is 3.20. The summed E-state index contributed by atoms with van der Waals surface area (Å²) in [6.45, 7) is 1.90. The van der Waals surface area contributed by atoms with Crippen LogP contribution in [0.1, 0.15) is 6.92 Å². The lowest BCUT2D eigenvalue weighted by Crippen LogP contribution is -2.40. The first-order valence-electron chi connectivity index (χ1n) is 5.60. The molecule has 0 aliphatic heterocycles. The first-order valence-corrected chi connectivity index (χ1v) is 5.60. The molecule has 0 aliphatic carbocycles. The average molecular weight is 249 g/mol. The second kappa shape index (κ2) is 4.66. The van der Waals surface area contributed by atoms with Crippen LogP contribution in [-0.4, -0.2) is 22.7 Å². The molecule has 0 fully saturated rings. The molecule has 0 radical (unpaired) electrons. The van der Waals surface area contributed by atoms with E-state index in [0.717, 1.165) is 4.57 Å². The highest BCUT2D eigenvalue weighted by Crippen LogP contribution is 2.18. The van der Waals surface area contributed by atoms with Gasteiger partial charge in [-0.15, -0.1) is 0 Å². The normalized spacial score (nSPS) is 12.6. The minimum absolute atomic E-state index is 0.169. The third kappa shape index (κ3) is 2.02. The summed E-state index contributed by atoms with van der Waals surface area (Å²) in [5, 5.41) is 0.361. The zero-order valence-corrected chi connectivity index (χ0v) is 10.3. The summed E-state index contributed by atoms with van der Waals surface area (Å²) in [6.07, 6.45) is 0. The van der Waals surface area contributed by atoms with Crippen LogP contribution in [0.5, 0.6) is 5.75 Å². The summed E-state index contributed by atoms with van der Waals surface area (Å²) < 4.78 is 6.23. The number of aromatic nitrogens is 2. The molecule has 1 aromatic heterocycles. The Balaban J connectivity index is 2.83. The van der Waals surface area contributed by atoms with E-state index in [4.69, 9.17) is 10.5 Å². The highest BCUT2D eigenvalue weighted by Gasteiger charge is 2.12. The third-order valence-corrected chi connectivity index (χ3v) is 2.66. The van der Waals surface area contributed by atoms with E-state index >= 15 is 0 Å². The van der Waals surface area contributed by atoms with Gasteiger partial charge in [0, 0.05) is 12.6 Å². The minimum Gasteiger partial charge on any atom is -0.496 e. The molecule has 18 heavy (non-hydrogen) atoms. The summed E-state index contributed by atoms with van der Waals surface area (Å²) in [7, 11) is 1.48. The maximum absolute atomic E-state index is 12.3. The monoisotopic (exact) mass is 249 g/mol. The summed E-state index contributed by atoms with van der Waals surface area (Å²) in [6, 6.07) is 4.78. The number of methoxy groups -OCH3 is 1. The maximum Gasteiger partial charge on any atom is 0.328 e. The topological polar surface area (TPSA) is 90.1 Å². The lowest BCUT2D eigenvalue weighted by atomic mass is 10.2. The van der Waals surface area contributed by atoms with Gasteiger partial charge in [0.15, 0.2) is 0 Å². The lowest BCUT2D eigenvalue weighted by molar-refractivity contribution is 0.418. The highest BCUT2D eigenvalue weighted by molar-refractivity contribution is 5.83. The predicted octanol–water partition coefficient (Wildman–Crippen LogP) is 0.0456. The molecular weight excluding hydrogens is 234 g/mol. The largest absolute Gasteiger partial charge is 0.496 e. The number of nitrogens with zero attached hydrogens (tertiary/aromatic N) is 1. The van der Waals surface area contributed by atoms with Crippen molar-refractivity contribution in [3.05, 3.63) is 39.0 Å². The van der Waals surface area contributed by atoms with Gasteiger partial charge in [0.2, 0.25) is 0 Å². The molecule has 96 valence electrons. The number of H-pyrrole nitrogens is 1. The first kappa shape index (κ1) is 12.4. The van der Waals surface area contributed by atoms with Gasteiger partial charge in [0.05, 0.1) is 12.6 Å². The van der Waals surface area contributed by atoms with Crippen LogP contribution < -0.4 is 21.7 Å². The molecule has 1 unspecified atom stereocenters. The number of fused-ring (bicyclic) bond motifs is 1. The zero-order chi connectivity index (χ0) is 13.3. The van der Waals surface area contributed by atoms with Gasteiger partial charge in [-0.3, -0.25) is 9.36 Å². The Bertz CT molecular complexity index is 685. The molecule has 0 saturated carbocycles. The van der Waals surface area contributed by atoms with Crippen molar-refractivity contribution in [2.75, 3.05) is 7.11 Å². The van der Waals surface area contributed by atoms with Crippen molar-refractivity contribution in [3.8, 4) is 5.75 Å². The Morgan fingerprint density at radius 3 is 2.78 bits per heavy atom. The van der Waals surface area contributed by atoms with Crippen molar-refractivity contribution >= 4 is 10.9 Å². The fraction of sp³-hybridized carbons (Fsp3) is 0.333. The molecule has 0 amide bonds. The molecule has 1 atom stereocenters. The fourth-order valence-corrected chi connectivity index (χ4v) is 1.89. The smallest absolute Gasteiger partial charge is 0.328 e. The van der Waals surface area contributed by atoms with E-state index in [0.29, 0.717) is 16.7 Å². The Labute approximate surface area is 103 Å².